The van der Waals surface area contributed by atoms with Gasteiger partial charge in [0.1, 0.15) is 0 Å². The largest absolute Gasteiger partial charge is 0.373 e. The maximum Gasteiger partial charge on any atom is 0.0716 e. The molecule has 1 heterocycles. The van der Waals surface area contributed by atoms with E-state index in [0.717, 1.165) is 19.4 Å². The lowest BCUT2D eigenvalue weighted by Gasteiger charge is -2.26. The molecule has 4 atom stereocenters. The summed E-state index contributed by atoms with van der Waals surface area (Å²) in [6.45, 7) is 13.4. The predicted molar refractivity (Wildman–Crippen MR) is 66.1 cm³/mol. The van der Waals surface area contributed by atoms with E-state index in [9.17, 15) is 0 Å². The highest BCUT2D eigenvalue weighted by Crippen LogP contribution is 2.51. The van der Waals surface area contributed by atoms with Crippen molar-refractivity contribution in [3.63, 3.8) is 0 Å². The van der Waals surface area contributed by atoms with Crippen LogP contribution < -0.4 is 0 Å². The van der Waals surface area contributed by atoms with Crippen molar-refractivity contribution in [2.75, 3.05) is 6.61 Å². The van der Waals surface area contributed by atoms with E-state index >= 15 is 0 Å². The normalized spacial score (nSPS) is 43.1. The van der Waals surface area contributed by atoms with Crippen LogP contribution in [0.1, 0.15) is 25.7 Å². The zero-order valence-corrected chi connectivity index (χ0v) is 9.87. The van der Waals surface area contributed by atoms with Crippen LogP contribution in [-0.4, -0.2) is 12.7 Å². The van der Waals surface area contributed by atoms with Crippen LogP contribution in [0.4, 0.5) is 0 Å². The van der Waals surface area contributed by atoms with Crippen LogP contribution in [0.3, 0.4) is 0 Å². The summed E-state index contributed by atoms with van der Waals surface area (Å²) in [4.78, 5) is 0. The molecule has 0 aromatic heterocycles. The zero-order chi connectivity index (χ0) is 11.3. The molecule has 4 unspecified atom stereocenters. The Hall–Kier alpha value is -0.820. The minimum atomic E-state index is 0.353. The Bertz CT molecular complexity index is 366. The van der Waals surface area contributed by atoms with E-state index in [1.807, 2.05) is 0 Å². The highest BCUT2D eigenvalue weighted by molar-refractivity contribution is 5.26. The summed E-state index contributed by atoms with van der Waals surface area (Å²) < 4.78 is 5.98. The standard InChI is InChI=1S/C15H20O/c1-9-4-7-13-11(3)8-16-15(13)14-10(2)5-6-12(9)14/h12-15H,1-8H2. The molecule has 0 amide bonds. The van der Waals surface area contributed by atoms with Gasteiger partial charge in [-0.05, 0) is 37.2 Å². The second kappa shape index (κ2) is 3.59. The molecule has 0 bridgehead atoms. The number of rotatable bonds is 0. The smallest absolute Gasteiger partial charge is 0.0716 e. The fourth-order valence-corrected chi connectivity index (χ4v) is 3.80. The summed E-state index contributed by atoms with van der Waals surface area (Å²) in [5, 5.41) is 0. The molecule has 0 aromatic rings. The van der Waals surface area contributed by atoms with Crippen LogP contribution >= 0.6 is 0 Å². The lowest BCUT2D eigenvalue weighted by atomic mass is 9.82. The fraction of sp³-hybridized carbons (Fsp3) is 0.600. The zero-order valence-electron chi connectivity index (χ0n) is 9.87. The summed E-state index contributed by atoms with van der Waals surface area (Å²) >= 11 is 0. The van der Waals surface area contributed by atoms with Crippen molar-refractivity contribution < 1.29 is 4.74 Å². The molecule has 1 heteroatoms. The molecule has 0 radical (unpaired) electrons. The Labute approximate surface area is 97.9 Å². The monoisotopic (exact) mass is 216 g/mol. The SMILES string of the molecule is C=C1COC2C1CCC(=C)C1CCC(=C)C12. The van der Waals surface area contributed by atoms with Crippen molar-refractivity contribution in [3.05, 3.63) is 36.5 Å². The van der Waals surface area contributed by atoms with Gasteiger partial charge in [-0.2, -0.15) is 0 Å². The van der Waals surface area contributed by atoms with Gasteiger partial charge in [-0.1, -0.05) is 30.9 Å². The first-order valence-corrected chi connectivity index (χ1v) is 6.33. The van der Waals surface area contributed by atoms with Gasteiger partial charge < -0.3 is 4.74 Å². The summed E-state index contributed by atoms with van der Waals surface area (Å²) in [6.07, 6.45) is 5.09. The summed E-state index contributed by atoms with van der Waals surface area (Å²) in [6, 6.07) is 0. The van der Waals surface area contributed by atoms with E-state index in [1.54, 1.807) is 0 Å². The molecule has 3 aliphatic rings. The minimum absolute atomic E-state index is 0.353. The molecular weight excluding hydrogens is 196 g/mol. The number of hydrogen-bond donors (Lipinski definition) is 0. The Balaban J connectivity index is 1.97. The van der Waals surface area contributed by atoms with Gasteiger partial charge in [-0.15, -0.1) is 0 Å². The molecule has 2 aliphatic carbocycles. The molecule has 0 aromatic carbocycles. The number of fused-ring (bicyclic) bond motifs is 3. The quantitative estimate of drug-likeness (QED) is 0.563. The summed E-state index contributed by atoms with van der Waals surface area (Å²) in [7, 11) is 0. The van der Waals surface area contributed by atoms with E-state index in [0.29, 0.717) is 23.9 Å². The first-order chi connectivity index (χ1) is 7.68. The molecule has 3 fully saturated rings. The van der Waals surface area contributed by atoms with Gasteiger partial charge in [-0.25, -0.2) is 0 Å². The Morgan fingerprint density at radius 3 is 2.38 bits per heavy atom. The highest BCUT2D eigenvalue weighted by Gasteiger charge is 2.46. The van der Waals surface area contributed by atoms with Crippen molar-refractivity contribution in [1.29, 1.82) is 0 Å². The second-order valence-corrected chi connectivity index (χ2v) is 5.57. The second-order valence-electron chi connectivity index (χ2n) is 5.57. The lowest BCUT2D eigenvalue weighted by Crippen LogP contribution is -2.28. The summed E-state index contributed by atoms with van der Waals surface area (Å²) in [5.41, 5.74) is 4.10. The van der Waals surface area contributed by atoms with Crippen molar-refractivity contribution in [2.45, 2.75) is 31.8 Å². The molecular formula is C15H20O. The average molecular weight is 216 g/mol. The third-order valence-corrected chi connectivity index (χ3v) is 4.72. The fourth-order valence-electron chi connectivity index (χ4n) is 3.80. The topological polar surface area (TPSA) is 9.23 Å². The first kappa shape index (κ1) is 10.3. The van der Waals surface area contributed by atoms with E-state index in [2.05, 4.69) is 19.7 Å². The number of ether oxygens (including phenoxy) is 1. The van der Waals surface area contributed by atoms with E-state index in [4.69, 9.17) is 4.74 Å². The highest BCUT2D eigenvalue weighted by atomic mass is 16.5. The van der Waals surface area contributed by atoms with E-state index < -0.39 is 0 Å². The lowest BCUT2D eigenvalue weighted by molar-refractivity contribution is 0.0490. The van der Waals surface area contributed by atoms with Gasteiger partial charge in [0.25, 0.3) is 0 Å². The minimum Gasteiger partial charge on any atom is -0.373 e. The van der Waals surface area contributed by atoms with Gasteiger partial charge >= 0.3 is 0 Å². The van der Waals surface area contributed by atoms with Crippen molar-refractivity contribution in [1.82, 2.24) is 0 Å². The third-order valence-electron chi connectivity index (χ3n) is 4.72. The van der Waals surface area contributed by atoms with Crippen LogP contribution in [0.5, 0.6) is 0 Å². The van der Waals surface area contributed by atoms with Gasteiger partial charge in [0.05, 0.1) is 12.7 Å². The Kier molecular flexibility index (Phi) is 2.32. The molecule has 1 saturated heterocycles. The maximum absolute atomic E-state index is 5.98. The molecule has 1 aliphatic heterocycles. The predicted octanol–water partition coefficient (Wildman–Crippen LogP) is 3.49. The average Bonchev–Trinajstić information content (AvgIpc) is 2.75. The molecule has 86 valence electrons. The number of allylic oxidation sites excluding steroid dienone is 1. The molecule has 1 nitrogen and oxygen atoms in total. The van der Waals surface area contributed by atoms with E-state index in [1.165, 1.54) is 29.6 Å². The van der Waals surface area contributed by atoms with Gasteiger partial charge in [0, 0.05) is 11.8 Å². The van der Waals surface area contributed by atoms with Crippen LogP contribution in [-0.2, 0) is 4.74 Å². The van der Waals surface area contributed by atoms with Crippen molar-refractivity contribution in [2.24, 2.45) is 17.8 Å². The van der Waals surface area contributed by atoms with E-state index in [-0.39, 0.29) is 0 Å². The third kappa shape index (κ3) is 1.34. The maximum atomic E-state index is 5.98. The molecule has 3 rings (SSSR count). The van der Waals surface area contributed by atoms with Gasteiger partial charge in [0.2, 0.25) is 0 Å². The Morgan fingerprint density at radius 2 is 1.56 bits per heavy atom. The van der Waals surface area contributed by atoms with Crippen molar-refractivity contribution >= 4 is 0 Å². The molecule has 0 N–H and O–H groups in total. The first-order valence-electron chi connectivity index (χ1n) is 6.33. The number of hydrogen-bond acceptors (Lipinski definition) is 1. The van der Waals surface area contributed by atoms with Crippen LogP contribution in [0.25, 0.3) is 0 Å². The Morgan fingerprint density at radius 1 is 0.875 bits per heavy atom. The van der Waals surface area contributed by atoms with Crippen LogP contribution in [0.15, 0.2) is 36.5 Å². The molecule has 16 heavy (non-hydrogen) atoms. The van der Waals surface area contributed by atoms with Crippen molar-refractivity contribution in [3.8, 4) is 0 Å². The van der Waals surface area contributed by atoms with Gasteiger partial charge in [-0.3, -0.25) is 0 Å². The van der Waals surface area contributed by atoms with Crippen LogP contribution in [0.2, 0.25) is 0 Å². The van der Waals surface area contributed by atoms with Crippen LogP contribution in [0, 0.1) is 17.8 Å². The molecule has 2 saturated carbocycles. The molecule has 0 spiro atoms. The van der Waals surface area contributed by atoms with Gasteiger partial charge in [0.15, 0.2) is 0 Å². The summed E-state index contributed by atoms with van der Waals surface area (Å²) in [5.74, 6) is 1.72.